The Balaban J connectivity index is 0.000000316. The summed E-state index contributed by atoms with van der Waals surface area (Å²) in [6.07, 6.45) is 0. The zero-order valence-electron chi connectivity index (χ0n) is 23.8. The summed E-state index contributed by atoms with van der Waals surface area (Å²) in [6.45, 7) is 0. The van der Waals surface area contributed by atoms with Crippen LogP contribution in [0.2, 0.25) is 0 Å². The van der Waals surface area contributed by atoms with Gasteiger partial charge in [-0.1, -0.05) is 120 Å². The van der Waals surface area contributed by atoms with Crippen molar-refractivity contribution in [3.05, 3.63) is 146 Å². The maximum absolute atomic E-state index is 3.31. The van der Waals surface area contributed by atoms with Crippen LogP contribution >= 0.6 is 24.6 Å². The predicted molar refractivity (Wildman–Crippen MR) is 179 cm³/mol. The van der Waals surface area contributed by atoms with E-state index in [-0.39, 0.29) is 116 Å². The van der Waals surface area contributed by atoms with Crippen molar-refractivity contribution in [1.29, 1.82) is 0 Å². The number of hydrogen-bond donors (Lipinski definition) is 0. The van der Waals surface area contributed by atoms with Gasteiger partial charge in [0.25, 0.3) is 0 Å². The Bertz CT molecular complexity index is 1820. The minimum Gasteiger partial charge on any atom is -1.00 e. The fourth-order valence-corrected chi connectivity index (χ4v) is 9.13. The predicted octanol–water partition coefficient (Wildman–Crippen LogP) is 2.48. The topological polar surface area (TPSA) is 0 Å². The van der Waals surface area contributed by atoms with Crippen LogP contribution in [0.5, 0.6) is 0 Å². The van der Waals surface area contributed by atoms with E-state index in [0.717, 1.165) is 24.6 Å². The summed E-state index contributed by atoms with van der Waals surface area (Å²) in [7, 11) is 2.46. The Labute approximate surface area is 344 Å². The van der Waals surface area contributed by atoms with Crippen molar-refractivity contribution in [2.75, 3.05) is 0 Å². The summed E-state index contributed by atoms with van der Waals surface area (Å²) in [6, 6.07) is 54.5. The summed E-state index contributed by atoms with van der Waals surface area (Å²) in [5.41, 5.74) is 0. The Morgan fingerprint density at radius 3 is 0.844 bits per heavy atom. The standard InChI is InChI=1S/3C12H8P.3ClH.3Zr/c3*1-3-7-11-9(5-1)10-6-2-4-8-12(10)13-11;;;;;;/h3*1-5,7-8,13H;3*1H;;;/q3*-1;;;;3*+2/p-3. The van der Waals surface area contributed by atoms with E-state index in [1.165, 1.54) is 63.0 Å². The summed E-state index contributed by atoms with van der Waals surface area (Å²) in [4.78, 5) is 0. The molecule has 0 N–H and O–H groups in total. The number of hydrogen-bond acceptors (Lipinski definition) is 0. The third-order valence-corrected chi connectivity index (χ3v) is 11.1. The van der Waals surface area contributed by atoms with Crippen LogP contribution in [0.4, 0.5) is 0 Å². The first-order chi connectivity index (χ1) is 19.3. The summed E-state index contributed by atoms with van der Waals surface area (Å²) < 4.78 is 0. The molecule has 0 fully saturated rings. The Morgan fingerprint density at radius 2 is 0.556 bits per heavy atom. The maximum Gasteiger partial charge on any atom is 2.00 e. The molecule has 3 atom stereocenters. The first-order valence-electron chi connectivity index (χ1n) is 13.0. The molecule has 9 aromatic rings. The second-order valence-electron chi connectivity index (χ2n) is 9.39. The molecule has 3 aromatic heterocycles. The van der Waals surface area contributed by atoms with Crippen LogP contribution < -0.4 is 37.2 Å². The average Bonchev–Trinajstić information content (AvgIpc) is 3.69. The molecule has 0 spiro atoms. The van der Waals surface area contributed by atoms with Crippen LogP contribution in [-0.4, -0.2) is 0 Å². The molecule has 0 nitrogen and oxygen atoms in total. The quantitative estimate of drug-likeness (QED) is 0.206. The second-order valence-corrected chi connectivity index (χ2v) is 13.4. The zero-order valence-corrected chi connectivity index (χ0v) is 36.4. The van der Waals surface area contributed by atoms with Crippen LogP contribution in [-0.2, 0) is 78.6 Å². The summed E-state index contributed by atoms with van der Waals surface area (Å²) in [5.74, 6) is 0. The molecule has 0 saturated heterocycles. The van der Waals surface area contributed by atoms with Gasteiger partial charge in [-0.2, -0.15) is 24.6 Å². The molecular weight excluding hydrogens is 905 g/mol. The van der Waals surface area contributed by atoms with E-state index in [2.05, 4.69) is 127 Å². The van der Waals surface area contributed by atoms with Crippen LogP contribution in [0, 0.1) is 18.2 Å². The summed E-state index contributed by atoms with van der Waals surface area (Å²) in [5, 5.41) is 16.7. The van der Waals surface area contributed by atoms with Gasteiger partial charge in [0.05, 0.1) is 0 Å². The molecule has 9 rings (SSSR count). The molecule has 0 bridgehead atoms. The van der Waals surface area contributed by atoms with Crippen molar-refractivity contribution < 1.29 is 116 Å². The van der Waals surface area contributed by atoms with Crippen molar-refractivity contribution in [2.45, 2.75) is 0 Å². The van der Waals surface area contributed by atoms with Gasteiger partial charge in [0.15, 0.2) is 0 Å². The normalized spacial score (nSPS) is 10.1. The molecule has 45 heavy (non-hydrogen) atoms. The number of halogens is 3. The number of fused-ring (bicyclic) bond motifs is 9. The third-order valence-electron chi connectivity index (χ3n) is 6.97. The molecule has 0 radical (unpaired) electrons. The summed E-state index contributed by atoms with van der Waals surface area (Å²) >= 11 is 0. The first kappa shape index (κ1) is 42.8. The van der Waals surface area contributed by atoms with E-state index in [1.807, 2.05) is 18.2 Å². The van der Waals surface area contributed by atoms with E-state index in [4.69, 9.17) is 0 Å². The van der Waals surface area contributed by atoms with Gasteiger partial charge in [-0.15, -0.1) is 89.0 Å². The fraction of sp³-hybridized carbons (Fsp3) is 0. The molecule has 0 aliphatic rings. The molecule has 6 aromatic carbocycles. The van der Waals surface area contributed by atoms with Crippen LogP contribution in [0.3, 0.4) is 0 Å². The average molecular weight is 930 g/mol. The minimum atomic E-state index is 0. The van der Waals surface area contributed by atoms with Gasteiger partial charge in [-0.05, 0) is 0 Å². The van der Waals surface area contributed by atoms with E-state index in [9.17, 15) is 0 Å². The number of rotatable bonds is 0. The van der Waals surface area contributed by atoms with E-state index >= 15 is 0 Å². The molecule has 3 heterocycles. The second kappa shape index (κ2) is 20.3. The molecule has 0 aliphatic carbocycles. The van der Waals surface area contributed by atoms with Crippen molar-refractivity contribution in [3.8, 4) is 0 Å². The first-order valence-corrected chi connectivity index (χ1v) is 16.0. The van der Waals surface area contributed by atoms with E-state index < -0.39 is 0 Å². The molecule has 0 saturated carbocycles. The van der Waals surface area contributed by atoms with Crippen LogP contribution in [0.1, 0.15) is 0 Å². The largest absolute Gasteiger partial charge is 2.00 e. The fourth-order valence-electron chi connectivity index (χ4n) is 5.16. The van der Waals surface area contributed by atoms with Crippen molar-refractivity contribution in [1.82, 2.24) is 0 Å². The Morgan fingerprint density at radius 1 is 0.311 bits per heavy atom. The SMILES string of the molecule is [Cl-].[Cl-].[Cl-].[Zr+2].[Zr+2].[Zr+2].[c-]1cccc2[pH]c3ccccc3c12.[c-]1cccc2[pH]c3ccccc3c12.[c-]1cccc2[pH]c3ccccc3c12. The van der Waals surface area contributed by atoms with E-state index in [0.29, 0.717) is 0 Å². The third kappa shape index (κ3) is 9.46. The minimum absolute atomic E-state index is 0. The zero-order chi connectivity index (χ0) is 26.0. The Hall–Kier alpha value is -0.261. The monoisotopic (exact) mass is 924 g/mol. The van der Waals surface area contributed by atoms with Gasteiger partial charge < -0.3 is 37.2 Å². The smallest absolute Gasteiger partial charge is 1.00 e. The molecular formula is C36H24Cl3P3Zr3. The van der Waals surface area contributed by atoms with Crippen LogP contribution in [0.15, 0.2) is 127 Å². The van der Waals surface area contributed by atoms with Gasteiger partial charge in [-0.25, -0.2) is 0 Å². The maximum atomic E-state index is 3.31. The van der Waals surface area contributed by atoms with Crippen molar-refractivity contribution >= 4 is 87.6 Å². The van der Waals surface area contributed by atoms with Gasteiger partial charge in [0.1, 0.15) is 0 Å². The van der Waals surface area contributed by atoms with Gasteiger partial charge in [-0.3, -0.25) is 0 Å². The van der Waals surface area contributed by atoms with Gasteiger partial charge in [0.2, 0.25) is 0 Å². The van der Waals surface area contributed by atoms with Crippen molar-refractivity contribution in [3.63, 3.8) is 0 Å². The molecule has 216 valence electrons. The van der Waals surface area contributed by atoms with E-state index in [1.54, 1.807) is 0 Å². The Kier molecular flexibility index (Phi) is 19.3. The molecule has 0 amide bonds. The van der Waals surface area contributed by atoms with Crippen molar-refractivity contribution in [2.24, 2.45) is 0 Å². The number of benzene rings is 6. The van der Waals surface area contributed by atoms with Gasteiger partial charge in [0, 0.05) is 0 Å². The molecule has 3 unspecified atom stereocenters. The molecule has 0 aliphatic heterocycles. The van der Waals surface area contributed by atoms with Crippen LogP contribution in [0.25, 0.3) is 63.0 Å². The molecule has 9 heteroatoms. The van der Waals surface area contributed by atoms with Gasteiger partial charge >= 0.3 is 78.6 Å².